The Bertz CT molecular complexity index is 652. The zero-order valence-corrected chi connectivity index (χ0v) is 13.4. The van der Waals surface area contributed by atoms with Gasteiger partial charge in [-0.25, -0.2) is 0 Å². The lowest BCUT2D eigenvalue weighted by Gasteiger charge is -2.12. The molecular formula is C20H22O2. The lowest BCUT2D eigenvalue weighted by Crippen LogP contribution is -1.95. The molecule has 0 amide bonds. The summed E-state index contributed by atoms with van der Waals surface area (Å²) in [5.74, 6) is 2.29. The minimum Gasteiger partial charge on any atom is -0.490 e. The molecule has 0 spiro atoms. The predicted octanol–water partition coefficient (Wildman–Crippen LogP) is 5.94. The van der Waals surface area contributed by atoms with E-state index < -0.39 is 0 Å². The highest BCUT2D eigenvalue weighted by molar-refractivity contribution is 5.57. The van der Waals surface area contributed by atoms with Crippen LogP contribution in [0, 0.1) is 0 Å². The second-order valence-electron chi connectivity index (χ2n) is 4.81. The van der Waals surface area contributed by atoms with E-state index in [4.69, 9.17) is 9.47 Å². The fourth-order valence-corrected chi connectivity index (χ4v) is 2.14. The highest BCUT2D eigenvalue weighted by atomic mass is 16.5. The number of rotatable bonds is 6. The van der Waals surface area contributed by atoms with E-state index in [1.54, 1.807) is 0 Å². The van der Waals surface area contributed by atoms with Crippen molar-refractivity contribution < 1.29 is 9.47 Å². The number of benzene rings is 2. The molecule has 2 aromatic carbocycles. The number of hydrogen-bond acceptors (Lipinski definition) is 2. The van der Waals surface area contributed by atoms with Gasteiger partial charge in [-0.2, -0.15) is 0 Å². The fraction of sp³-hybridized carbons (Fsp3) is 0.200. The minimum atomic E-state index is 0.611. The molecule has 0 atom stereocenters. The smallest absolute Gasteiger partial charge is 0.169 e. The molecule has 2 nitrogen and oxygen atoms in total. The zero-order valence-electron chi connectivity index (χ0n) is 13.4. The fourth-order valence-electron chi connectivity index (χ4n) is 2.14. The molecule has 0 radical (unpaired) electrons. The normalized spacial score (nSPS) is 11.2. The molecule has 0 N–H and O–H groups in total. The summed E-state index contributed by atoms with van der Waals surface area (Å²) in [7, 11) is 0. The summed E-state index contributed by atoms with van der Waals surface area (Å²) in [4.78, 5) is 0. The minimum absolute atomic E-state index is 0.611. The van der Waals surface area contributed by atoms with Crippen LogP contribution in [0.4, 0.5) is 0 Å². The van der Waals surface area contributed by atoms with Gasteiger partial charge in [-0.1, -0.05) is 42.5 Å². The Labute approximate surface area is 132 Å². The van der Waals surface area contributed by atoms with Gasteiger partial charge < -0.3 is 9.47 Å². The van der Waals surface area contributed by atoms with Gasteiger partial charge >= 0.3 is 0 Å². The predicted molar refractivity (Wildman–Crippen MR) is 93.5 cm³/mol. The molecule has 0 unspecified atom stereocenters. The lowest BCUT2D eigenvalue weighted by atomic mass is 10.2. The van der Waals surface area contributed by atoms with Crippen molar-refractivity contribution in [2.75, 3.05) is 6.61 Å². The van der Waals surface area contributed by atoms with Crippen molar-refractivity contribution in [2.24, 2.45) is 0 Å². The summed E-state index contributed by atoms with van der Waals surface area (Å²) in [6.45, 7) is 6.58. The first kappa shape index (κ1) is 15.9. The van der Waals surface area contributed by atoms with Crippen molar-refractivity contribution in [1.82, 2.24) is 0 Å². The van der Waals surface area contributed by atoms with Crippen LogP contribution in [0.2, 0.25) is 0 Å². The molecule has 2 heteroatoms. The molecule has 0 fully saturated rings. The molecule has 0 aliphatic rings. The standard InChI is InChI=1S/C20H22O2/c1-4-7-16-9-12-18(13-10-16)22-20-15-17(8-5-2)11-14-19(20)21-6-3/h4-5,7-15H,6H2,1-3H3/b7-4+,8-5+. The quantitative estimate of drug-likeness (QED) is 0.656. The third-order valence-corrected chi connectivity index (χ3v) is 3.09. The van der Waals surface area contributed by atoms with Crippen molar-refractivity contribution in [2.45, 2.75) is 20.8 Å². The Hall–Kier alpha value is -2.48. The Morgan fingerprint density at radius 3 is 2.09 bits per heavy atom. The first-order valence-electron chi connectivity index (χ1n) is 7.57. The number of hydrogen-bond donors (Lipinski definition) is 0. The average molecular weight is 294 g/mol. The second kappa shape index (κ2) is 8.08. The third kappa shape index (κ3) is 4.26. The molecule has 0 heterocycles. The maximum atomic E-state index is 6.00. The van der Waals surface area contributed by atoms with Crippen LogP contribution >= 0.6 is 0 Å². The van der Waals surface area contributed by atoms with Gasteiger partial charge in [0.1, 0.15) is 5.75 Å². The van der Waals surface area contributed by atoms with Crippen LogP contribution in [0.5, 0.6) is 17.2 Å². The van der Waals surface area contributed by atoms with Crippen LogP contribution in [0.3, 0.4) is 0 Å². The van der Waals surface area contributed by atoms with Crippen LogP contribution in [0.25, 0.3) is 12.2 Å². The molecule has 0 aromatic heterocycles. The van der Waals surface area contributed by atoms with Crippen molar-refractivity contribution in [3.63, 3.8) is 0 Å². The zero-order chi connectivity index (χ0) is 15.8. The average Bonchev–Trinajstić information content (AvgIpc) is 2.52. The maximum Gasteiger partial charge on any atom is 0.169 e. The van der Waals surface area contributed by atoms with E-state index in [2.05, 4.69) is 6.08 Å². The Morgan fingerprint density at radius 2 is 1.45 bits per heavy atom. The van der Waals surface area contributed by atoms with Crippen LogP contribution in [-0.2, 0) is 0 Å². The molecule has 0 bridgehead atoms. The summed E-state index contributed by atoms with van der Waals surface area (Å²) in [6.07, 6.45) is 8.12. The molecule has 2 aromatic rings. The Balaban J connectivity index is 2.27. The van der Waals surface area contributed by atoms with Crippen LogP contribution in [0.1, 0.15) is 31.9 Å². The van der Waals surface area contributed by atoms with E-state index in [0.717, 1.165) is 28.4 Å². The van der Waals surface area contributed by atoms with Crippen molar-refractivity contribution in [3.8, 4) is 17.2 Å². The summed E-state index contributed by atoms with van der Waals surface area (Å²) in [5.41, 5.74) is 2.24. The SMILES string of the molecule is C/C=C/c1ccc(Oc2cc(/C=C/C)ccc2OCC)cc1. The van der Waals surface area contributed by atoms with Crippen molar-refractivity contribution in [3.05, 3.63) is 65.7 Å². The van der Waals surface area contributed by atoms with Crippen molar-refractivity contribution >= 4 is 12.2 Å². The molecule has 22 heavy (non-hydrogen) atoms. The summed E-state index contributed by atoms with van der Waals surface area (Å²) >= 11 is 0. The largest absolute Gasteiger partial charge is 0.490 e. The van der Waals surface area contributed by atoms with E-state index in [-0.39, 0.29) is 0 Å². The number of ether oxygens (including phenoxy) is 2. The first-order chi connectivity index (χ1) is 10.8. The highest BCUT2D eigenvalue weighted by Crippen LogP contribution is 2.33. The lowest BCUT2D eigenvalue weighted by molar-refractivity contribution is 0.321. The summed E-state index contributed by atoms with van der Waals surface area (Å²) in [6, 6.07) is 14.0. The molecule has 0 aliphatic heterocycles. The van der Waals surface area contributed by atoms with Crippen LogP contribution in [0.15, 0.2) is 54.6 Å². The molecule has 2 rings (SSSR count). The molecule has 0 saturated heterocycles. The van der Waals surface area contributed by atoms with Gasteiger partial charge in [0.25, 0.3) is 0 Å². The maximum absolute atomic E-state index is 6.00. The second-order valence-corrected chi connectivity index (χ2v) is 4.81. The van der Waals surface area contributed by atoms with E-state index in [1.807, 2.05) is 81.5 Å². The topological polar surface area (TPSA) is 18.5 Å². The molecule has 0 aliphatic carbocycles. The Kier molecular flexibility index (Phi) is 5.84. The van der Waals surface area contributed by atoms with E-state index >= 15 is 0 Å². The van der Waals surface area contributed by atoms with Crippen LogP contribution in [-0.4, -0.2) is 6.61 Å². The van der Waals surface area contributed by atoms with Gasteiger partial charge in [-0.15, -0.1) is 0 Å². The number of allylic oxidation sites excluding steroid dienone is 2. The van der Waals surface area contributed by atoms with Gasteiger partial charge in [0.05, 0.1) is 6.61 Å². The van der Waals surface area contributed by atoms with Gasteiger partial charge in [-0.05, 0) is 56.2 Å². The van der Waals surface area contributed by atoms with E-state index in [1.165, 1.54) is 0 Å². The van der Waals surface area contributed by atoms with E-state index in [9.17, 15) is 0 Å². The van der Waals surface area contributed by atoms with Gasteiger partial charge in [0.2, 0.25) is 0 Å². The summed E-state index contributed by atoms with van der Waals surface area (Å²) < 4.78 is 11.6. The van der Waals surface area contributed by atoms with Crippen molar-refractivity contribution in [1.29, 1.82) is 0 Å². The highest BCUT2D eigenvalue weighted by Gasteiger charge is 2.07. The molecular weight excluding hydrogens is 272 g/mol. The Morgan fingerprint density at radius 1 is 0.818 bits per heavy atom. The molecule has 114 valence electrons. The van der Waals surface area contributed by atoms with Gasteiger partial charge in [0, 0.05) is 0 Å². The first-order valence-corrected chi connectivity index (χ1v) is 7.57. The van der Waals surface area contributed by atoms with Gasteiger partial charge in [-0.3, -0.25) is 0 Å². The molecule has 0 saturated carbocycles. The van der Waals surface area contributed by atoms with Crippen LogP contribution < -0.4 is 9.47 Å². The third-order valence-electron chi connectivity index (χ3n) is 3.09. The van der Waals surface area contributed by atoms with E-state index in [0.29, 0.717) is 6.61 Å². The summed E-state index contributed by atoms with van der Waals surface area (Å²) in [5, 5.41) is 0. The monoisotopic (exact) mass is 294 g/mol. The van der Waals surface area contributed by atoms with Gasteiger partial charge in [0.15, 0.2) is 11.5 Å².